The molecule has 0 atom stereocenters. The number of nitrogens with zero attached hydrogens (tertiary/aromatic N) is 2. The third-order valence-corrected chi connectivity index (χ3v) is 2.85. The van der Waals surface area contributed by atoms with E-state index >= 15 is 0 Å². The quantitative estimate of drug-likeness (QED) is 0.876. The number of rotatable bonds is 2. The maximum Gasteiger partial charge on any atom is 0.137 e. The molecular weight excluding hydrogens is 226 g/mol. The van der Waals surface area contributed by atoms with Gasteiger partial charge in [0, 0.05) is 11.8 Å². The highest BCUT2D eigenvalue weighted by atomic mass is 16.5. The number of hydrogen-bond acceptors (Lipinski definition) is 3. The van der Waals surface area contributed by atoms with Crippen molar-refractivity contribution >= 4 is 0 Å². The van der Waals surface area contributed by atoms with Gasteiger partial charge in [-0.1, -0.05) is 32.9 Å². The maximum absolute atomic E-state index is 5.01. The first-order valence-electron chi connectivity index (χ1n) is 6.34. The molecule has 18 heavy (non-hydrogen) atoms. The van der Waals surface area contributed by atoms with Gasteiger partial charge in [0.2, 0.25) is 0 Å². The highest BCUT2D eigenvalue weighted by Crippen LogP contribution is 2.21. The van der Waals surface area contributed by atoms with Gasteiger partial charge in [-0.25, -0.2) is 0 Å². The summed E-state index contributed by atoms with van der Waals surface area (Å²) in [6.45, 7) is 12.5. The van der Waals surface area contributed by atoms with Gasteiger partial charge in [-0.3, -0.25) is 5.10 Å². The van der Waals surface area contributed by atoms with E-state index in [4.69, 9.17) is 4.52 Å². The lowest BCUT2D eigenvalue weighted by molar-refractivity contribution is 0.392. The van der Waals surface area contributed by atoms with Crippen molar-refractivity contribution in [1.29, 1.82) is 0 Å². The largest absolute Gasteiger partial charge is 0.361 e. The lowest BCUT2D eigenvalue weighted by atomic mass is 10.0. The molecule has 0 amide bonds. The lowest BCUT2D eigenvalue weighted by Gasteiger charge is -2.00. The molecule has 0 aromatic carbocycles. The van der Waals surface area contributed by atoms with E-state index in [1.54, 1.807) is 0 Å². The van der Waals surface area contributed by atoms with Crippen molar-refractivity contribution in [3.8, 4) is 0 Å². The monoisotopic (exact) mass is 249 g/mol. The second kappa shape index (κ2) is 6.38. The minimum atomic E-state index is 0.520. The summed E-state index contributed by atoms with van der Waals surface area (Å²) in [4.78, 5) is 0. The van der Waals surface area contributed by atoms with Crippen LogP contribution < -0.4 is 0 Å². The standard InChI is InChI=1S/C8H13NO.C6H10N2/c1-5(2)8-6(3)9-10-7(8)4;1-5(2)6-3-7-8-4-6/h5H,1-4H3;3-5H,1-2H3,(H,7,8). The van der Waals surface area contributed by atoms with Crippen LogP contribution in [0.5, 0.6) is 0 Å². The topological polar surface area (TPSA) is 54.7 Å². The van der Waals surface area contributed by atoms with Crippen LogP contribution in [0, 0.1) is 13.8 Å². The number of nitrogens with one attached hydrogen (secondary N) is 1. The fourth-order valence-corrected chi connectivity index (χ4v) is 1.89. The van der Waals surface area contributed by atoms with Crippen molar-refractivity contribution in [2.24, 2.45) is 0 Å². The Kier molecular flexibility index (Phi) is 5.13. The maximum atomic E-state index is 5.01. The van der Waals surface area contributed by atoms with Gasteiger partial charge in [-0.05, 0) is 31.2 Å². The summed E-state index contributed by atoms with van der Waals surface area (Å²) in [6, 6.07) is 0. The first-order valence-corrected chi connectivity index (χ1v) is 6.34. The van der Waals surface area contributed by atoms with Crippen molar-refractivity contribution in [3.63, 3.8) is 0 Å². The summed E-state index contributed by atoms with van der Waals surface area (Å²) >= 11 is 0. The van der Waals surface area contributed by atoms with Crippen LogP contribution in [0.3, 0.4) is 0 Å². The normalized spacial score (nSPS) is 10.7. The van der Waals surface area contributed by atoms with Gasteiger partial charge in [0.25, 0.3) is 0 Å². The van der Waals surface area contributed by atoms with Crippen LogP contribution in [0.4, 0.5) is 0 Å². The first kappa shape index (κ1) is 14.5. The Morgan fingerprint density at radius 2 is 1.78 bits per heavy atom. The van der Waals surface area contributed by atoms with E-state index in [0.717, 1.165) is 11.5 Å². The first-order chi connectivity index (χ1) is 8.43. The average molecular weight is 249 g/mol. The predicted molar refractivity (Wildman–Crippen MR) is 72.7 cm³/mol. The average Bonchev–Trinajstić information content (AvgIpc) is 2.89. The molecule has 0 unspecified atom stereocenters. The zero-order chi connectivity index (χ0) is 13.7. The Hall–Kier alpha value is -1.58. The molecule has 0 aliphatic carbocycles. The number of aromatic amines is 1. The highest BCUT2D eigenvalue weighted by Gasteiger charge is 2.11. The fraction of sp³-hybridized carbons (Fsp3) is 0.571. The van der Waals surface area contributed by atoms with E-state index in [0.29, 0.717) is 11.8 Å². The van der Waals surface area contributed by atoms with Gasteiger partial charge in [0.15, 0.2) is 0 Å². The van der Waals surface area contributed by atoms with E-state index in [9.17, 15) is 0 Å². The van der Waals surface area contributed by atoms with Gasteiger partial charge in [0.1, 0.15) is 5.76 Å². The van der Waals surface area contributed by atoms with Crippen molar-refractivity contribution in [1.82, 2.24) is 15.4 Å². The fourth-order valence-electron chi connectivity index (χ4n) is 1.89. The predicted octanol–water partition coefficient (Wildman–Crippen LogP) is 3.95. The van der Waals surface area contributed by atoms with Crippen molar-refractivity contribution < 1.29 is 4.52 Å². The Morgan fingerprint density at radius 3 is 2.00 bits per heavy atom. The molecule has 2 aromatic rings. The molecule has 0 fully saturated rings. The summed E-state index contributed by atoms with van der Waals surface area (Å²) in [5, 5.41) is 10.4. The summed E-state index contributed by atoms with van der Waals surface area (Å²) in [6.07, 6.45) is 3.77. The third-order valence-electron chi connectivity index (χ3n) is 2.85. The molecule has 1 N–H and O–H groups in total. The number of hydrogen-bond donors (Lipinski definition) is 1. The van der Waals surface area contributed by atoms with E-state index in [1.807, 2.05) is 26.2 Å². The van der Waals surface area contributed by atoms with Gasteiger partial charge in [0.05, 0.1) is 11.9 Å². The van der Waals surface area contributed by atoms with Crippen LogP contribution in [0.15, 0.2) is 16.9 Å². The van der Waals surface area contributed by atoms with E-state index in [1.165, 1.54) is 11.1 Å². The Balaban J connectivity index is 0.000000184. The molecule has 0 radical (unpaired) electrons. The molecule has 0 aliphatic heterocycles. The molecule has 0 bridgehead atoms. The van der Waals surface area contributed by atoms with Crippen LogP contribution in [-0.4, -0.2) is 15.4 Å². The molecule has 4 heteroatoms. The van der Waals surface area contributed by atoms with Crippen molar-refractivity contribution in [2.75, 3.05) is 0 Å². The van der Waals surface area contributed by atoms with Gasteiger partial charge < -0.3 is 4.52 Å². The van der Waals surface area contributed by atoms with Crippen molar-refractivity contribution in [2.45, 2.75) is 53.4 Å². The van der Waals surface area contributed by atoms with Crippen molar-refractivity contribution in [3.05, 3.63) is 35.0 Å². The minimum Gasteiger partial charge on any atom is -0.361 e. The van der Waals surface area contributed by atoms with E-state index in [2.05, 4.69) is 43.0 Å². The molecule has 4 nitrogen and oxygen atoms in total. The summed E-state index contributed by atoms with van der Waals surface area (Å²) < 4.78 is 5.01. The van der Waals surface area contributed by atoms with E-state index < -0.39 is 0 Å². The number of H-pyrrole nitrogens is 1. The SMILES string of the molecule is CC(C)c1cn[nH]c1.Cc1noc(C)c1C(C)C. The minimum absolute atomic E-state index is 0.520. The number of aryl methyl sites for hydroxylation is 2. The molecule has 0 saturated heterocycles. The molecule has 2 aromatic heterocycles. The van der Waals surface area contributed by atoms with Gasteiger partial charge >= 0.3 is 0 Å². The molecule has 2 rings (SSSR count). The second-order valence-electron chi connectivity index (χ2n) is 5.08. The molecule has 100 valence electrons. The van der Waals surface area contributed by atoms with E-state index in [-0.39, 0.29) is 0 Å². The number of aromatic nitrogens is 3. The van der Waals surface area contributed by atoms with Crippen LogP contribution >= 0.6 is 0 Å². The van der Waals surface area contributed by atoms with Crippen LogP contribution in [0.25, 0.3) is 0 Å². The third kappa shape index (κ3) is 3.72. The highest BCUT2D eigenvalue weighted by molar-refractivity contribution is 5.23. The summed E-state index contributed by atoms with van der Waals surface area (Å²) in [7, 11) is 0. The van der Waals surface area contributed by atoms with Gasteiger partial charge in [-0.15, -0.1) is 0 Å². The molecular formula is C14H23N3O. The molecule has 2 heterocycles. The zero-order valence-electron chi connectivity index (χ0n) is 12.1. The lowest BCUT2D eigenvalue weighted by Crippen LogP contribution is -1.89. The zero-order valence-corrected chi connectivity index (χ0v) is 12.1. The van der Waals surface area contributed by atoms with Crippen LogP contribution in [0.2, 0.25) is 0 Å². The summed E-state index contributed by atoms with van der Waals surface area (Å²) in [5.74, 6) is 2.06. The Morgan fingerprint density at radius 1 is 1.11 bits per heavy atom. The van der Waals surface area contributed by atoms with Gasteiger partial charge in [-0.2, -0.15) is 5.10 Å². The Labute approximate surface area is 109 Å². The summed E-state index contributed by atoms with van der Waals surface area (Å²) in [5.41, 5.74) is 3.54. The molecule has 0 aliphatic rings. The second-order valence-corrected chi connectivity index (χ2v) is 5.08. The smallest absolute Gasteiger partial charge is 0.137 e. The van der Waals surface area contributed by atoms with Crippen LogP contribution in [-0.2, 0) is 0 Å². The molecule has 0 spiro atoms. The van der Waals surface area contributed by atoms with Crippen LogP contribution in [0.1, 0.15) is 62.1 Å². The molecule has 0 saturated carbocycles. The Bertz CT molecular complexity index is 436.